The third kappa shape index (κ3) is 5.39. The number of fused-ring (bicyclic) bond motifs is 1. The number of nitrogens with one attached hydrogen (secondary N) is 3. The summed E-state index contributed by atoms with van der Waals surface area (Å²) >= 11 is 5.47. The van der Waals surface area contributed by atoms with E-state index >= 15 is 0 Å². The first kappa shape index (κ1) is 21.7. The molecule has 0 bridgehead atoms. The lowest BCUT2D eigenvalue weighted by atomic mass is 9.87. The molecule has 0 aliphatic carbocycles. The number of aromatic nitrogens is 2. The van der Waals surface area contributed by atoms with Crippen LogP contribution >= 0.6 is 12.2 Å². The molecule has 1 aromatic heterocycles. The lowest BCUT2D eigenvalue weighted by molar-refractivity contribution is 0.590. The molecule has 0 amide bonds. The number of benzene rings is 3. The summed E-state index contributed by atoms with van der Waals surface area (Å²) in [5.41, 5.74) is 5.31. The minimum Gasteiger partial charge on any atom is -0.358 e. The van der Waals surface area contributed by atoms with Crippen molar-refractivity contribution in [2.24, 2.45) is 0 Å². The summed E-state index contributed by atoms with van der Waals surface area (Å²) in [6, 6.07) is 24.6. The summed E-state index contributed by atoms with van der Waals surface area (Å²) in [6.45, 7) is 7.30. The van der Waals surface area contributed by atoms with Gasteiger partial charge in [-0.3, -0.25) is 0 Å². The van der Waals surface area contributed by atoms with E-state index in [4.69, 9.17) is 12.2 Å². The normalized spacial score (nSPS) is 11.2. The summed E-state index contributed by atoms with van der Waals surface area (Å²) in [4.78, 5) is 8.87. The van der Waals surface area contributed by atoms with E-state index in [2.05, 4.69) is 83.1 Å². The van der Waals surface area contributed by atoms with Crippen molar-refractivity contribution in [3.8, 4) is 0 Å². The monoisotopic (exact) mass is 441 g/mol. The minimum absolute atomic E-state index is 0.119. The van der Waals surface area contributed by atoms with Crippen LogP contribution in [0.5, 0.6) is 0 Å². The molecule has 1 heterocycles. The van der Waals surface area contributed by atoms with Gasteiger partial charge in [0.2, 0.25) is 0 Å². The van der Waals surface area contributed by atoms with Crippen molar-refractivity contribution in [3.63, 3.8) is 0 Å². The van der Waals surface area contributed by atoms with Crippen LogP contribution in [0.4, 0.5) is 17.2 Å². The second-order valence-corrected chi connectivity index (χ2v) is 9.11. The van der Waals surface area contributed by atoms with Gasteiger partial charge < -0.3 is 16.0 Å². The maximum Gasteiger partial charge on any atom is 0.171 e. The SMILES string of the molecule is CC(C)(C)c1ccc(Nc2ncnc3ccc(NC(=S)NCc4ccccc4)cc23)cc1. The Balaban J connectivity index is 1.49. The van der Waals surface area contributed by atoms with E-state index in [1.165, 1.54) is 11.1 Å². The summed E-state index contributed by atoms with van der Waals surface area (Å²) in [7, 11) is 0. The Morgan fingerprint density at radius 3 is 2.31 bits per heavy atom. The number of hydrogen-bond acceptors (Lipinski definition) is 4. The fraction of sp³-hybridized carbons (Fsp3) is 0.192. The Hall–Kier alpha value is -3.51. The van der Waals surface area contributed by atoms with Gasteiger partial charge in [0.05, 0.1) is 5.52 Å². The Morgan fingerprint density at radius 1 is 0.875 bits per heavy atom. The van der Waals surface area contributed by atoms with Crippen molar-refractivity contribution < 1.29 is 0 Å². The average Bonchev–Trinajstić information content (AvgIpc) is 2.79. The molecule has 4 rings (SSSR count). The molecule has 0 unspecified atom stereocenters. The van der Waals surface area contributed by atoms with Crippen molar-refractivity contribution in [1.29, 1.82) is 0 Å². The van der Waals surface area contributed by atoms with Crippen LogP contribution in [0, 0.1) is 0 Å². The summed E-state index contributed by atoms with van der Waals surface area (Å²) in [5.74, 6) is 0.755. The van der Waals surface area contributed by atoms with Crippen LogP contribution in [-0.2, 0) is 12.0 Å². The van der Waals surface area contributed by atoms with Gasteiger partial charge in [-0.15, -0.1) is 0 Å². The second kappa shape index (κ2) is 9.32. The average molecular weight is 442 g/mol. The molecule has 32 heavy (non-hydrogen) atoms. The Labute approximate surface area is 194 Å². The lowest BCUT2D eigenvalue weighted by Gasteiger charge is -2.19. The van der Waals surface area contributed by atoms with Gasteiger partial charge in [-0.1, -0.05) is 63.2 Å². The molecule has 0 atom stereocenters. The van der Waals surface area contributed by atoms with Crippen molar-refractivity contribution in [1.82, 2.24) is 15.3 Å². The zero-order chi connectivity index (χ0) is 22.6. The highest BCUT2D eigenvalue weighted by Gasteiger charge is 2.13. The minimum atomic E-state index is 0.119. The topological polar surface area (TPSA) is 61.9 Å². The highest BCUT2D eigenvalue weighted by molar-refractivity contribution is 7.80. The standard InChI is InChI=1S/C26H27N5S/c1-26(2,3)19-9-11-20(12-10-19)30-24-22-15-21(13-14-23(22)28-17-29-24)31-25(32)27-16-18-7-5-4-6-8-18/h4-15,17H,16H2,1-3H3,(H2,27,31,32)(H,28,29,30). The zero-order valence-electron chi connectivity index (χ0n) is 18.5. The van der Waals surface area contributed by atoms with Gasteiger partial charge >= 0.3 is 0 Å². The largest absolute Gasteiger partial charge is 0.358 e. The van der Waals surface area contributed by atoms with Crippen LogP contribution in [0.2, 0.25) is 0 Å². The zero-order valence-corrected chi connectivity index (χ0v) is 19.3. The van der Waals surface area contributed by atoms with Crippen molar-refractivity contribution in [2.45, 2.75) is 32.7 Å². The van der Waals surface area contributed by atoms with Crippen LogP contribution in [0.1, 0.15) is 31.9 Å². The number of thiocarbonyl (C=S) groups is 1. The molecule has 0 fully saturated rings. The van der Waals surface area contributed by atoms with Crippen molar-refractivity contribution in [3.05, 3.63) is 90.3 Å². The maximum atomic E-state index is 5.47. The van der Waals surface area contributed by atoms with Crippen LogP contribution in [0.15, 0.2) is 79.1 Å². The highest BCUT2D eigenvalue weighted by atomic mass is 32.1. The third-order valence-electron chi connectivity index (χ3n) is 5.20. The van der Waals surface area contributed by atoms with Gasteiger partial charge in [-0.05, 0) is 59.1 Å². The summed E-state index contributed by atoms with van der Waals surface area (Å²) in [5, 5.41) is 11.4. The van der Waals surface area contributed by atoms with Crippen molar-refractivity contribution in [2.75, 3.05) is 10.6 Å². The van der Waals surface area contributed by atoms with Gasteiger partial charge in [0.25, 0.3) is 0 Å². The molecule has 0 saturated carbocycles. The van der Waals surface area contributed by atoms with E-state index in [9.17, 15) is 0 Å². The Bertz CT molecular complexity index is 1210. The number of hydrogen-bond donors (Lipinski definition) is 3. The fourth-order valence-electron chi connectivity index (χ4n) is 3.38. The molecule has 3 aromatic carbocycles. The third-order valence-corrected chi connectivity index (χ3v) is 5.45. The van der Waals surface area contributed by atoms with Gasteiger partial charge in [0.15, 0.2) is 5.11 Å². The van der Waals surface area contributed by atoms with E-state index in [0.717, 1.165) is 28.1 Å². The molecule has 4 aromatic rings. The van der Waals surface area contributed by atoms with Crippen molar-refractivity contribution >= 4 is 45.4 Å². The first-order valence-corrected chi connectivity index (χ1v) is 11.0. The highest BCUT2D eigenvalue weighted by Crippen LogP contribution is 2.28. The predicted octanol–water partition coefficient (Wildman–Crippen LogP) is 6.16. The number of anilines is 3. The molecule has 0 aliphatic rings. The van der Waals surface area contributed by atoms with E-state index < -0.39 is 0 Å². The Morgan fingerprint density at radius 2 is 1.59 bits per heavy atom. The van der Waals surface area contributed by atoms with Crippen LogP contribution in [0.25, 0.3) is 10.9 Å². The van der Waals surface area contributed by atoms with E-state index in [1.807, 2.05) is 36.4 Å². The van der Waals surface area contributed by atoms with E-state index in [0.29, 0.717) is 11.7 Å². The first-order valence-electron chi connectivity index (χ1n) is 10.6. The smallest absolute Gasteiger partial charge is 0.171 e. The molecule has 0 radical (unpaired) electrons. The van der Waals surface area contributed by atoms with Crippen LogP contribution in [-0.4, -0.2) is 15.1 Å². The van der Waals surface area contributed by atoms with Crippen LogP contribution < -0.4 is 16.0 Å². The molecule has 0 saturated heterocycles. The number of rotatable bonds is 5. The van der Waals surface area contributed by atoms with E-state index in [1.54, 1.807) is 6.33 Å². The van der Waals surface area contributed by atoms with Gasteiger partial charge in [-0.2, -0.15) is 0 Å². The lowest BCUT2D eigenvalue weighted by Crippen LogP contribution is -2.27. The quantitative estimate of drug-likeness (QED) is 0.323. The van der Waals surface area contributed by atoms with Crippen LogP contribution in [0.3, 0.4) is 0 Å². The molecule has 6 heteroatoms. The second-order valence-electron chi connectivity index (χ2n) is 8.70. The van der Waals surface area contributed by atoms with Gasteiger partial charge in [-0.25, -0.2) is 9.97 Å². The first-order chi connectivity index (χ1) is 15.4. The number of nitrogens with zero attached hydrogens (tertiary/aromatic N) is 2. The van der Waals surface area contributed by atoms with Gasteiger partial charge in [0.1, 0.15) is 12.1 Å². The molecular weight excluding hydrogens is 414 g/mol. The molecule has 3 N–H and O–H groups in total. The van der Waals surface area contributed by atoms with E-state index in [-0.39, 0.29) is 5.41 Å². The molecule has 162 valence electrons. The van der Waals surface area contributed by atoms with Gasteiger partial charge in [0, 0.05) is 23.3 Å². The predicted molar refractivity (Wildman–Crippen MR) is 137 cm³/mol. The summed E-state index contributed by atoms with van der Waals surface area (Å²) < 4.78 is 0. The maximum absolute atomic E-state index is 5.47. The fourth-order valence-corrected chi connectivity index (χ4v) is 3.57. The molecule has 0 spiro atoms. The molecular formula is C26H27N5S. The molecule has 5 nitrogen and oxygen atoms in total. The summed E-state index contributed by atoms with van der Waals surface area (Å²) in [6.07, 6.45) is 1.58. The molecule has 0 aliphatic heterocycles. The Kier molecular flexibility index (Phi) is 6.32.